The zero-order chi connectivity index (χ0) is 13.0. The minimum Gasteiger partial charge on any atom is -0.490 e. The summed E-state index contributed by atoms with van der Waals surface area (Å²) >= 11 is 0. The molecule has 94 valence electrons. The second kappa shape index (κ2) is 5.19. The van der Waals surface area contributed by atoms with Gasteiger partial charge in [0, 0.05) is 6.07 Å². The first-order valence-electron chi connectivity index (χ1n) is 5.74. The lowest BCUT2D eigenvalue weighted by atomic mass is 9.97. The largest absolute Gasteiger partial charge is 0.490 e. The third kappa shape index (κ3) is 3.08. The van der Waals surface area contributed by atoms with Crippen molar-refractivity contribution in [3.8, 4) is 5.75 Å². The molecule has 0 saturated heterocycles. The molecule has 1 atom stereocenters. The Morgan fingerprint density at radius 3 is 2.50 bits per heavy atom. The monoisotopic (exact) mass is 246 g/mol. The van der Waals surface area contributed by atoms with Crippen LogP contribution in [-0.2, 0) is 5.60 Å². The van der Waals surface area contributed by atoms with E-state index in [1.807, 2.05) is 30.3 Å². The minimum absolute atomic E-state index is 0.0699. The molecule has 0 bridgehead atoms. The molecule has 1 unspecified atom stereocenters. The third-order valence-electron chi connectivity index (χ3n) is 2.71. The number of hydrogen-bond donors (Lipinski definition) is 1. The van der Waals surface area contributed by atoms with Crippen LogP contribution in [0.1, 0.15) is 12.5 Å². The van der Waals surface area contributed by atoms with Crippen molar-refractivity contribution in [2.24, 2.45) is 0 Å². The summed E-state index contributed by atoms with van der Waals surface area (Å²) in [6.07, 6.45) is 0. The number of aliphatic hydroxyl groups is 1. The van der Waals surface area contributed by atoms with Crippen LogP contribution in [0.4, 0.5) is 4.39 Å². The molecule has 0 aliphatic carbocycles. The molecule has 0 aliphatic rings. The Balaban J connectivity index is 2.05. The van der Waals surface area contributed by atoms with E-state index >= 15 is 0 Å². The van der Waals surface area contributed by atoms with Gasteiger partial charge in [0.1, 0.15) is 23.8 Å². The van der Waals surface area contributed by atoms with Crippen LogP contribution in [0.3, 0.4) is 0 Å². The first-order valence-corrected chi connectivity index (χ1v) is 5.74. The van der Waals surface area contributed by atoms with Gasteiger partial charge in [-0.2, -0.15) is 0 Å². The molecule has 0 amide bonds. The zero-order valence-electron chi connectivity index (χ0n) is 10.1. The second-order valence-corrected chi connectivity index (χ2v) is 4.39. The molecule has 18 heavy (non-hydrogen) atoms. The average molecular weight is 246 g/mol. The van der Waals surface area contributed by atoms with Crippen LogP contribution in [0, 0.1) is 5.82 Å². The molecule has 2 aromatic carbocycles. The van der Waals surface area contributed by atoms with Gasteiger partial charge in [0.05, 0.1) is 0 Å². The highest BCUT2D eigenvalue weighted by molar-refractivity contribution is 5.24. The summed E-state index contributed by atoms with van der Waals surface area (Å²) in [6.45, 7) is 1.74. The number of rotatable bonds is 4. The molecule has 1 N–H and O–H groups in total. The summed E-state index contributed by atoms with van der Waals surface area (Å²) in [6, 6.07) is 15.1. The van der Waals surface area contributed by atoms with E-state index < -0.39 is 5.60 Å². The van der Waals surface area contributed by atoms with Crippen molar-refractivity contribution in [3.05, 3.63) is 66.0 Å². The van der Waals surface area contributed by atoms with Gasteiger partial charge in [0.15, 0.2) is 0 Å². The maximum Gasteiger partial charge on any atom is 0.126 e. The molecule has 0 spiro atoms. The van der Waals surface area contributed by atoms with Gasteiger partial charge in [-0.25, -0.2) is 4.39 Å². The van der Waals surface area contributed by atoms with Crippen LogP contribution in [0.2, 0.25) is 0 Å². The minimum atomic E-state index is -1.10. The second-order valence-electron chi connectivity index (χ2n) is 4.39. The predicted molar refractivity (Wildman–Crippen MR) is 67.9 cm³/mol. The van der Waals surface area contributed by atoms with Crippen LogP contribution < -0.4 is 4.74 Å². The fraction of sp³-hybridized carbons (Fsp3) is 0.200. The van der Waals surface area contributed by atoms with Crippen molar-refractivity contribution >= 4 is 0 Å². The summed E-state index contributed by atoms with van der Waals surface area (Å²) in [5.41, 5.74) is -0.338. The van der Waals surface area contributed by atoms with Gasteiger partial charge in [-0.3, -0.25) is 0 Å². The van der Waals surface area contributed by atoms with E-state index in [9.17, 15) is 9.50 Å². The number of halogens is 1. The predicted octanol–water partition coefficient (Wildman–Crippen LogP) is 3.11. The topological polar surface area (TPSA) is 29.5 Å². The van der Waals surface area contributed by atoms with Crippen molar-refractivity contribution in [1.82, 2.24) is 0 Å². The molecule has 0 heterocycles. The van der Waals surface area contributed by atoms with Crippen molar-refractivity contribution in [3.63, 3.8) is 0 Å². The summed E-state index contributed by atoms with van der Waals surface area (Å²) in [5.74, 6) is 0.0538. The van der Waals surface area contributed by atoms with E-state index in [-0.39, 0.29) is 12.4 Å². The Morgan fingerprint density at radius 2 is 1.83 bits per heavy atom. The maximum atomic E-state index is 13.0. The number of ether oxygens (including phenoxy) is 1. The Morgan fingerprint density at radius 1 is 1.11 bits per heavy atom. The van der Waals surface area contributed by atoms with Crippen LogP contribution in [0.15, 0.2) is 54.6 Å². The van der Waals surface area contributed by atoms with E-state index in [0.29, 0.717) is 5.75 Å². The van der Waals surface area contributed by atoms with Crippen molar-refractivity contribution in [2.75, 3.05) is 6.61 Å². The summed E-state index contributed by atoms with van der Waals surface area (Å²) in [4.78, 5) is 0. The first-order chi connectivity index (χ1) is 8.58. The maximum absolute atomic E-state index is 13.0. The molecule has 0 saturated carbocycles. The lowest BCUT2D eigenvalue weighted by Gasteiger charge is -2.24. The van der Waals surface area contributed by atoms with Gasteiger partial charge < -0.3 is 9.84 Å². The van der Waals surface area contributed by atoms with E-state index in [1.165, 1.54) is 12.1 Å². The molecule has 0 radical (unpaired) electrons. The third-order valence-corrected chi connectivity index (χ3v) is 2.71. The van der Waals surface area contributed by atoms with Crippen LogP contribution in [-0.4, -0.2) is 11.7 Å². The summed E-state index contributed by atoms with van der Waals surface area (Å²) < 4.78 is 18.4. The van der Waals surface area contributed by atoms with E-state index in [2.05, 4.69) is 0 Å². The van der Waals surface area contributed by atoms with Gasteiger partial charge in [-0.1, -0.05) is 36.4 Å². The summed E-state index contributed by atoms with van der Waals surface area (Å²) in [5, 5.41) is 10.3. The van der Waals surface area contributed by atoms with Crippen LogP contribution in [0.5, 0.6) is 5.75 Å². The number of hydrogen-bond acceptors (Lipinski definition) is 2. The Labute approximate surface area is 106 Å². The Kier molecular flexibility index (Phi) is 3.63. The Hall–Kier alpha value is -1.87. The number of benzene rings is 2. The van der Waals surface area contributed by atoms with Crippen molar-refractivity contribution in [2.45, 2.75) is 12.5 Å². The molecule has 2 rings (SSSR count). The molecular weight excluding hydrogens is 231 g/mol. The molecule has 0 aromatic heterocycles. The van der Waals surface area contributed by atoms with E-state index in [0.717, 1.165) is 5.56 Å². The van der Waals surface area contributed by atoms with Crippen molar-refractivity contribution < 1.29 is 14.2 Å². The summed E-state index contributed by atoms with van der Waals surface area (Å²) in [7, 11) is 0. The molecule has 2 aromatic rings. The van der Waals surface area contributed by atoms with E-state index in [4.69, 9.17) is 4.74 Å². The van der Waals surface area contributed by atoms with Gasteiger partial charge in [-0.15, -0.1) is 0 Å². The lowest BCUT2D eigenvalue weighted by Crippen LogP contribution is -2.29. The fourth-order valence-corrected chi connectivity index (χ4v) is 1.66. The molecule has 2 nitrogen and oxygen atoms in total. The first kappa shape index (κ1) is 12.6. The van der Waals surface area contributed by atoms with Gasteiger partial charge in [0.2, 0.25) is 0 Å². The lowest BCUT2D eigenvalue weighted by molar-refractivity contribution is 0.00750. The van der Waals surface area contributed by atoms with E-state index in [1.54, 1.807) is 19.1 Å². The van der Waals surface area contributed by atoms with Gasteiger partial charge in [0.25, 0.3) is 0 Å². The SMILES string of the molecule is CC(O)(COc1cccc(F)c1)c1ccccc1. The zero-order valence-corrected chi connectivity index (χ0v) is 10.1. The molecule has 3 heteroatoms. The average Bonchev–Trinajstić information content (AvgIpc) is 2.38. The fourth-order valence-electron chi connectivity index (χ4n) is 1.66. The highest BCUT2D eigenvalue weighted by Crippen LogP contribution is 2.22. The molecular formula is C15H15FO2. The smallest absolute Gasteiger partial charge is 0.126 e. The standard InChI is InChI=1S/C15H15FO2/c1-15(17,12-6-3-2-4-7-12)11-18-14-9-5-8-13(16)10-14/h2-10,17H,11H2,1H3. The van der Waals surface area contributed by atoms with Crippen LogP contribution >= 0.6 is 0 Å². The highest BCUT2D eigenvalue weighted by Gasteiger charge is 2.23. The van der Waals surface area contributed by atoms with Gasteiger partial charge >= 0.3 is 0 Å². The highest BCUT2D eigenvalue weighted by atomic mass is 19.1. The molecule has 0 aliphatic heterocycles. The quantitative estimate of drug-likeness (QED) is 0.898. The van der Waals surface area contributed by atoms with Gasteiger partial charge in [-0.05, 0) is 24.6 Å². The van der Waals surface area contributed by atoms with Crippen LogP contribution in [0.25, 0.3) is 0 Å². The molecule has 0 fully saturated rings. The Bertz CT molecular complexity index is 509. The van der Waals surface area contributed by atoms with Crippen molar-refractivity contribution in [1.29, 1.82) is 0 Å². The normalized spacial score (nSPS) is 13.9.